The maximum absolute atomic E-state index is 11.0. The van der Waals surface area contributed by atoms with Gasteiger partial charge in [-0.1, -0.05) is 0 Å². The number of carbonyl (C=O) groups excluding carboxylic acids is 1. The summed E-state index contributed by atoms with van der Waals surface area (Å²) in [6.07, 6.45) is 2.17. The van der Waals surface area contributed by atoms with Crippen LogP contribution in [0.25, 0.3) is 0 Å². The molecule has 2 atom stereocenters. The zero-order valence-corrected chi connectivity index (χ0v) is 13.3. The van der Waals surface area contributed by atoms with E-state index in [0.717, 1.165) is 44.0 Å². The van der Waals surface area contributed by atoms with Crippen LogP contribution in [0, 0.1) is 12.8 Å². The second-order valence-electron chi connectivity index (χ2n) is 6.17. The number of furan rings is 1. The van der Waals surface area contributed by atoms with Crippen LogP contribution in [-0.2, 0) is 4.79 Å². The van der Waals surface area contributed by atoms with Crippen molar-refractivity contribution >= 4 is 5.91 Å². The molecule has 2 unspecified atom stereocenters. The summed E-state index contributed by atoms with van der Waals surface area (Å²) in [6, 6.07) is 4.20. The molecule has 2 heterocycles. The van der Waals surface area contributed by atoms with Crippen LogP contribution in [0.3, 0.4) is 0 Å². The lowest BCUT2D eigenvalue weighted by molar-refractivity contribution is -0.119. The van der Waals surface area contributed by atoms with Gasteiger partial charge in [0.1, 0.15) is 11.5 Å². The van der Waals surface area contributed by atoms with Gasteiger partial charge in [-0.15, -0.1) is 0 Å². The minimum absolute atomic E-state index is 0.0300. The number of amides is 1. The van der Waals surface area contributed by atoms with Crippen molar-refractivity contribution in [2.24, 2.45) is 11.7 Å². The summed E-state index contributed by atoms with van der Waals surface area (Å²) in [4.78, 5) is 13.4. The fourth-order valence-corrected chi connectivity index (χ4v) is 3.11. The first-order chi connectivity index (χ1) is 9.97. The van der Waals surface area contributed by atoms with Crippen molar-refractivity contribution in [1.29, 1.82) is 0 Å². The van der Waals surface area contributed by atoms with Crippen molar-refractivity contribution < 1.29 is 9.21 Å². The summed E-state index contributed by atoms with van der Waals surface area (Å²) < 4.78 is 5.79. The Labute approximate surface area is 126 Å². The minimum atomic E-state index is 0.0300. The van der Waals surface area contributed by atoms with E-state index >= 15 is 0 Å². The first-order valence-corrected chi connectivity index (χ1v) is 7.77. The quantitative estimate of drug-likeness (QED) is 0.869. The van der Waals surface area contributed by atoms with E-state index in [9.17, 15) is 4.79 Å². The second-order valence-corrected chi connectivity index (χ2v) is 6.17. The Morgan fingerprint density at radius 1 is 1.48 bits per heavy atom. The van der Waals surface area contributed by atoms with Gasteiger partial charge in [-0.05, 0) is 57.8 Å². The van der Waals surface area contributed by atoms with Gasteiger partial charge in [0.2, 0.25) is 5.91 Å². The number of aryl methyl sites for hydroxylation is 1. The maximum atomic E-state index is 11.0. The molecule has 5 nitrogen and oxygen atoms in total. The van der Waals surface area contributed by atoms with E-state index in [0.29, 0.717) is 5.92 Å². The Morgan fingerprint density at radius 2 is 2.14 bits per heavy atom. The monoisotopic (exact) mass is 293 g/mol. The van der Waals surface area contributed by atoms with E-state index in [1.54, 1.807) is 6.92 Å². The predicted molar refractivity (Wildman–Crippen MR) is 82.8 cm³/mol. The first kappa shape index (κ1) is 16.0. The number of rotatable bonds is 5. The molecule has 0 aromatic carbocycles. The number of nitrogens with one attached hydrogen (secondary N) is 1. The zero-order valence-electron chi connectivity index (χ0n) is 13.3. The SMILES string of the molecule is CC(=O)NCC1CCN(C(c2ccc(C)o2)C(C)N)CC1. The molecule has 1 fully saturated rings. The number of carbonyl (C=O) groups is 1. The van der Waals surface area contributed by atoms with E-state index in [1.807, 2.05) is 26.0 Å². The number of nitrogens with two attached hydrogens (primary N) is 1. The molecule has 3 N–H and O–H groups in total. The molecule has 21 heavy (non-hydrogen) atoms. The summed E-state index contributed by atoms with van der Waals surface area (Å²) in [5.74, 6) is 2.51. The van der Waals surface area contributed by atoms with Crippen LogP contribution in [0.2, 0.25) is 0 Å². The Bertz CT molecular complexity index is 462. The van der Waals surface area contributed by atoms with Gasteiger partial charge in [0.05, 0.1) is 6.04 Å². The smallest absolute Gasteiger partial charge is 0.216 e. The first-order valence-electron chi connectivity index (χ1n) is 7.77. The molecule has 118 valence electrons. The van der Waals surface area contributed by atoms with E-state index in [-0.39, 0.29) is 18.0 Å². The average Bonchev–Trinajstić information content (AvgIpc) is 2.84. The number of nitrogens with zero attached hydrogens (tertiary/aromatic N) is 1. The molecule has 1 aliphatic heterocycles. The molecule has 0 aliphatic carbocycles. The maximum Gasteiger partial charge on any atom is 0.216 e. The van der Waals surface area contributed by atoms with Crippen molar-refractivity contribution in [2.45, 2.75) is 45.7 Å². The van der Waals surface area contributed by atoms with Crippen LogP contribution < -0.4 is 11.1 Å². The minimum Gasteiger partial charge on any atom is -0.465 e. The van der Waals surface area contributed by atoms with Gasteiger partial charge in [0.15, 0.2) is 0 Å². The predicted octanol–water partition coefficient (Wildman–Crippen LogP) is 1.82. The highest BCUT2D eigenvalue weighted by atomic mass is 16.3. The summed E-state index contributed by atoms with van der Waals surface area (Å²) in [5.41, 5.74) is 6.18. The molecule has 1 saturated heterocycles. The summed E-state index contributed by atoms with van der Waals surface area (Å²) >= 11 is 0. The van der Waals surface area contributed by atoms with E-state index in [1.165, 1.54) is 0 Å². The Morgan fingerprint density at radius 3 is 2.62 bits per heavy atom. The molecule has 0 saturated carbocycles. The largest absolute Gasteiger partial charge is 0.465 e. The van der Waals surface area contributed by atoms with Gasteiger partial charge in [0, 0.05) is 19.5 Å². The van der Waals surface area contributed by atoms with Gasteiger partial charge in [0.25, 0.3) is 0 Å². The highest BCUT2D eigenvalue weighted by Gasteiger charge is 2.30. The normalized spacial score (nSPS) is 20.2. The Kier molecular flexibility index (Phi) is 5.42. The van der Waals surface area contributed by atoms with Gasteiger partial charge >= 0.3 is 0 Å². The van der Waals surface area contributed by atoms with Gasteiger partial charge in [-0.3, -0.25) is 9.69 Å². The summed E-state index contributed by atoms with van der Waals surface area (Å²) in [5, 5.41) is 2.92. The van der Waals surface area contributed by atoms with Crippen LogP contribution in [0.15, 0.2) is 16.5 Å². The molecule has 1 aromatic rings. The van der Waals surface area contributed by atoms with Crippen molar-refractivity contribution in [3.8, 4) is 0 Å². The molecule has 1 amide bonds. The standard InChI is InChI=1S/C16H27N3O2/c1-11-4-5-15(21-11)16(12(2)17)19-8-6-14(7-9-19)10-18-13(3)20/h4-5,12,14,16H,6-10,17H2,1-3H3,(H,18,20). The van der Waals surface area contributed by atoms with E-state index in [2.05, 4.69) is 10.2 Å². The fourth-order valence-electron chi connectivity index (χ4n) is 3.11. The van der Waals surface area contributed by atoms with E-state index < -0.39 is 0 Å². The fraction of sp³-hybridized carbons (Fsp3) is 0.688. The lowest BCUT2D eigenvalue weighted by Gasteiger charge is -2.38. The van der Waals surface area contributed by atoms with Crippen LogP contribution in [0.1, 0.15) is 44.3 Å². The van der Waals surface area contributed by atoms with Crippen molar-refractivity contribution in [1.82, 2.24) is 10.2 Å². The molecule has 1 aliphatic rings. The molecular formula is C16H27N3O2. The van der Waals surface area contributed by atoms with Crippen LogP contribution in [0.4, 0.5) is 0 Å². The Balaban J connectivity index is 1.93. The molecule has 2 rings (SSSR count). The molecule has 5 heteroatoms. The van der Waals surface area contributed by atoms with Gasteiger partial charge < -0.3 is 15.5 Å². The zero-order chi connectivity index (χ0) is 15.4. The second kappa shape index (κ2) is 7.09. The van der Waals surface area contributed by atoms with Crippen molar-refractivity contribution in [3.05, 3.63) is 23.7 Å². The number of hydrogen-bond acceptors (Lipinski definition) is 4. The van der Waals surface area contributed by atoms with Gasteiger partial charge in [-0.25, -0.2) is 0 Å². The topological polar surface area (TPSA) is 71.5 Å². The van der Waals surface area contributed by atoms with Gasteiger partial charge in [-0.2, -0.15) is 0 Å². The van der Waals surface area contributed by atoms with Crippen molar-refractivity contribution in [2.75, 3.05) is 19.6 Å². The highest BCUT2D eigenvalue weighted by Crippen LogP contribution is 2.29. The summed E-state index contributed by atoms with van der Waals surface area (Å²) in [7, 11) is 0. The Hall–Kier alpha value is -1.33. The lowest BCUT2D eigenvalue weighted by Crippen LogP contribution is -2.45. The van der Waals surface area contributed by atoms with Crippen LogP contribution >= 0.6 is 0 Å². The molecule has 0 bridgehead atoms. The number of piperidine rings is 1. The molecule has 1 aromatic heterocycles. The molecular weight excluding hydrogens is 266 g/mol. The van der Waals surface area contributed by atoms with E-state index in [4.69, 9.17) is 10.2 Å². The van der Waals surface area contributed by atoms with Crippen LogP contribution in [-0.4, -0.2) is 36.5 Å². The third kappa shape index (κ3) is 4.32. The number of hydrogen-bond donors (Lipinski definition) is 2. The number of likely N-dealkylation sites (tertiary alicyclic amines) is 1. The third-order valence-corrected chi connectivity index (χ3v) is 4.23. The average molecular weight is 293 g/mol. The molecule has 0 spiro atoms. The lowest BCUT2D eigenvalue weighted by atomic mass is 9.94. The summed E-state index contributed by atoms with van der Waals surface area (Å²) in [6.45, 7) is 8.34. The molecule has 0 radical (unpaired) electrons. The third-order valence-electron chi connectivity index (χ3n) is 4.23. The van der Waals surface area contributed by atoms with Crippen LogP contribution in [0.5, 0.6) is 0 Å². The highest BCUT2D eigenvalue weighted by molar-refractivity contribution is 5.72. The van der Waals surface area contributed by atoms with Crippen molar-refractivity contribution in [3.63, 3.8) is 0 Å².